The average Bonchev–Trinajstić information content (AvgIpc) is 2.69. The van der Waals surface area contributed by atoms with E-state index in [0.29, 0.717) is 11.3 Å². The smallest absolute Gasteiger partial charge is 0.262 e. The van der Waals surface area contributed by atoms with Crippen LogP contribution in [0.1, 0.15) is 12.5 Å². The number of hydrazone groups is 1. The summed E-state index contributed by atoms with van der Waals surface area (Å²) >= 11 is 0. The molecule has 3 N–H and O–H groups in total. The van der Waals surface area contributed by atoms with Crippen LogP contribution in [-0.2, 0) is 4.79 Å². The zero-order valence-electron chi connectivity index (χ0n) is 15.1. The molecule has 1 amide bonds. The first-order valence-electron chi connectivity index (χ1n) is 8.52. The largest absolute Gasteiger partial charge is 0.504 e. The van der Waals surface area contributed by atoms with Crippen LogP contribution in [0.5, 0.6) is 11.5 Å². The lowest BCUT2D eigenvalue weighted by atomic mass is 10.1. The van der Waals surface area contributed by atoms with E-state index < -0.39 is 6.04 Å². The topological polar surface area (TPSA) is 83.0 Å². The summed E-state index contributed by atoms with van der Waals surface area (Å²) < 4.78 is 5.04. The summed E-state index contributed by atoms with van der Waals surface area (Å²) in [6, 6.07) is 18.4. The first-order valence-corrected chi connectivity index (χ1v) is 8.52. The number of benzene rings is 3. The van der Waals surface area contributed by atoms with Crippen LogP contribution in [0, 0.1) is 0 Å². The fourth-order valence-electron chi connectivity index (χ4n) is 2.64. The number of methoxy groups -OCH3 is 1. The number of carbonyl (C=O) groups excluding carboxylic acids is 1. The number of nitrogens with one attached hydrogen (secondary N) is 2. The first-order chi connectivity index (χ1) is 13.1. The van der Waals surface area contributed by atoms with Crippen molar-refractivity contribution in [3.63, 3.8) is 0 Å². The Kier molecular flexibility index (Phi) is 5.56. The number of hydrogen-bond acceptors (Lipinski definition) is 5. The monoisotopic (exact) mass is 363 g/mol. The molecule has 6 nitrogen and oxygen atoms in total. The molecule has 0 heterocycles. The number of anilines is 1. The van der Waals surface area contributed by atoms with Crippen molar-refractivity contribution in [3.8, 4) is 11.5 Å². The zero-order chi connectivity index (χ0) is 19.2. The second-order valence-corrected chi connectivity index (χ2v) is 6.09. The van der Waals surface area contributed by atoms with Gasteiger partial charge in [-0.15, -0.1) is 0 Å². The van der Waals surface area contributed by atoms with Gasteiger partial charge in [0.15, 0.2) is 11.5 Å². The second kappa shape index (κ2) is 8.23. The predicted molar refractivity (Wildman–Crippen MR) is 107 cm³/mol. The van der Waals surface area contributed by atoms with Gasteiger partial charge in [0.25, 0.3) is 5.91 Å². The molecule has 0 unspecified atom stereocenters. The SMILES string of the molecule is COc1cc(/C=N\NC(=O)[C@@H](C)Nc2ccc3ccccc3c2)ccc1O. The number of aromatic hydroxyl groups is 1. The van der Waals surface area contributed by atoms with E-state index in [1.165, 1.54) is 19.4 Å². The molecule has 0 aromatic heterocycles. The van der Waals surface area contributed by atoms with E-state index in [1.54, 1.807) is 19.1 Å². The fourth-order valence-corrected chi connectivity index (χ4v) is 2.64. The van der Waals surface area contributed by atoms with Gasteiger partial charge in [-0.25, -0.2) is 5.43 Å². The molecule has 0 aliphatic heterocycles. The molecule has 138 valence electrons. The molecule has 27 heavy (non-hydrogen) atoms. The van der Waals surface area contributed by atoms with E-state index in [1.807, 2.05) is 42.5 Å². The molecule has 6 heteroatoms. The Morgan fingerprint density at radius 2 is 1.89 bits per heavy atom. The van der Waals surface area contributed by atoms with Crippen molar-refractivity contribution in [2.75, 3.05) is 12.4 Å². The number of phenols is 1. The summed E-state index contributed by atoms with van der Waals surface area (Å²) in [5.74, 6) is 0.133. The lowest BCUT2D eigenvalue weighted by molar-refractivity contribution is -0.121. The number of hydrogen-bond donors (Lipinski definition) is 3. The Balaban J connectivity index is 1.59. The van der Waals surface area contributed by atoms with Gasteiger partial charge in [-0.2, -0.15) is 5.10 Å². The Labute approximate surface area is 157 Å². The van der Waals surface area contributed by atoms with Crippen molar-refractivity contribution >= 4 is 28.6 Å². The molecule has 3 rings (SSSR count). The maximum Gasteiger partial charge on any atom is 0.262 e. The maximum atomic E-state index is 12.2. The van der Waals surface area contributed by atoms with Gasteiger partial charge in [0, 0.05) is 5.69 Å². The van der Waals surface area contributed by atoms with Crippen LogP contribution in [0.2, 0.25) is 0 Å². The summed E-state index contributed by atoms with van der Waals surface area (Å²) in [5, 5.41) is 19.0. The molecule has 3 aromatic carbocycles. The highest BCUT2D eigenvalue weighted by molar-refractivity contribution is 5.89. The van der Waals surface area contributed by atoms with Crippen LogP contribution in [0.15, 0.2) is 65.8 Å². The Bertz CT molecular complexity index is 985. The van der Waals surface area contributed by atoms with Gasteiger partial charge >= 0.3 is 0 Å². The summed E-state index contributed by atoms with van der Waals surface area (Å²) in [6.07, 6.45) is 1.49. The van der Waals surface area contributed by atoms with E-state index in [-0.39, 0.29) is 11.7 Å². The standard InChI is InChI=1S/C21H21N3O3/c1-14(23-18-9-8-16-5-3-4-6-17(16)12-18)21(26)24-22-13-15-7-10-19(25)20(11-15)27-2/h3-14,23,25H,1-2H3,(H,24,26)/b22-13-/t14-/m1/s1. The summed E-state index contributed by atoms with van der Waals surface area (Å²) in [4.78, 5) is 12.2. The van der Waals surface area contributed by atoms with Crippen LogP contribution in [0.3, 0.4) is 0 Å². The molecule has 3 aromatic rings. The highest BCUT2D eigenvalue weighted by atomic mass is 16.5. The third-order valence-electron chi connectivity index (χ3n) is 4.12. The fraction of sp³-hybridized carbons (Fsp3) is 0.143. The molecule has 0 saturated carbocycles. The zero-order valence-corrected chi connectivity index (χ0v) is 15.1. The molecule has 0 spiro atoms. The van der Waals surface area contributed by atoms with E-state index in [4.69, 9.17) is 4.74 Å². The molecule has 1 atom stereocenters. The van der Waals surface area contributed by atoms with Gasteiger partial charge in [-0.1, -0.05) is 30.3 Å². The third-order valence-corrected chi connectivity index (χ3v) is 4.12. The maximum absolute atomic E-state index is 12.2. The van der Waals surface area contributed by atoms with E-state index in [9.17, 15) is 9.90 Å². The lowest BCUT2D eigenvalue weighted by Crippen LogP contribution is -2.34. The molecule has 0 aliphatic carbocycles. The number of carbonyl (C=O) groups is 1. The molecule has 0 fully saturated rings. The minimum atomic E-state index is -0.460. The molecular weight excluding hydrogens is 342 g/mol. The molecule has 0 aliphatic rings. The van der Waals surface area contributed by atoms with Crippen molar-refractivity contribution in [1.82, 2.24) is 5.43 Å². The van der Waals surface area contributed by atoms with Gasteiger partial charge in [-0.3, -0.25) is 4.79 Å². The minimum Gasteiger partial charge on any atom is -0.504 e. The highest BCUT2D eigenvalue weighted by Gasteiger charge is 2.12. The van der Waals surface area contributed by atoms with E-state index in [2.05, 4.69) is 15.8 Å². The molecule has 0 saturated heterocycles. The van der Waals surface area contributed by atoms with Gasteiger partial charge in [-0.05, 0) is 53.6 Å². The van der Waals surface area contributed by atoms with Crippen LogP contribution in [0.25, 0.3) is 10.8 Å². The Morgan fingerprint density at radius 3 is 2.67 bits per heavy atom. The number of nitrogens with zero attached hydrogens (tertiary/aromatic N) is 1. The number of rotatable bonds is 6. The normalized spacial score (nSPS) is 12.1. The van der Waals surface area contributed by atoms with Crippen molar-refractivity contribution in [2.24, 2.45) is 5.10 Å². The van der Waals surface area contributed by atoms with Gasteiger partial charge in [0.1, 0.15) is 6.04 Å². The minimum absolute atomic E-state index is 0.0480. The van der Waals surface area contributed by atoms with Crippen LogP contribution in [-0.4, -0.2) is 30.4 Å². The third kappa shape index (κ3) is 4.55. The number of amides is 1. The number of fused-ring (bicyclic) bond motifs is 1. The van der Waals surface area contributed by atoms with E-state index >= 15 is 0 Å². The van der Waals surface area contributed by atoms with Crippen molar-refractivity contribution in [3.05, 3.63) is 66.2 Å². The van der Waals surface area contributed by atoms with Crippen molar-refractivity contribution in [1.29, 1.82) is 0 Å². The van der Waals surface area contributed by atoms with Gasteiger partial charge in [0.05, 0.1) is 13.3 Å². The average molecular weight is 363 g/mol. The summed E-state index contributed by atoms with van der Waals surface area (Å²) in [5.41, 5.74) is 4.06. The summed E-state index contributed by atoms with van der Waals surface area (Å²) in [6.45, 7) is 1.77. The number of phenolic OH excluding ortho intramolecular Hbond substituents is 1. The first kappa shape index (κ1) is 18.3. The quantitative estimate of drug-likeness (QED) is 0.462. The second-order valence-electron chi connectivity index (χ2n) is 6.09. The van der Waals surface area contributed by atoms with Crippen LogP contribution >= 0.6 is 0 Å². The lowest BCUT2D eigenvalue weighted by Gasteiger charge is -2.14. The van der Waals surface area contributed by atoms with Crippen LogP contribution < -0.4 is 15.5 Å². The van der Waals surface area contributed by atoms with Crippen LogP contribution in [0.4, 0.5) is 5.69 Å². The van der Waals surface area contributed by atoms with E-state index in [0.717, 1.165) is 16.5 Å². The van der Waals surface area contributed by atoms with Crippen molar-refractivity contribution < 1.29 is 14.6 Å². The van der Waals surface area contributed by atoms with Gasteiger partial charge in [0.2, 0.25) is 0 Å². The summed E-state index contributed by atoms with van der Waals surface area (Å²) in [7, 11) is 1.47. The molecule has 0 radical (unpaired) electrons. The molecule has 0 bridgehead atoms. The predicted octanol–water partition coefficient (Wildman–Crippen LogP) is 3.50. The Morgan fingerprint density at radius 1 is 1.11 bits per heavy atom. The Hall–Kier alpha value is -3.54. The highest BCUT2D eigenvalue weighted by Crippen LogP contribution is 2.25. The van der Waals surface area contributed by atoms with Gasteiger partial charge < -0.3 is 15.2 Å². The molecular formula is C21H21N3O3. The van der Waals surface area contributed by atoms with Crippen molar-refractivity contribution in [2.45, 2.75) is 13.0 Å². The number of ether oxygens (including phenoxy) is 1.